The summed E-state index contributed by atoms with van der Waals surface area (Å²) in [6, 6.07) is 0.110. The Morgan fingerprint density at radius 3 is 2.94 bits per heavy atom. The van der Waals surface area contributed by atoms with Crippen molar-refractivity contribution in [3.05, 3.63) is 24.4 Å². The lowest BCUT2D eigenvalue weighted by Crippen LogP contribution is -2.34. The predicted octanol–water partition coefficient (Wildman–Crippen LogP) is 0.468. The van der Waals surface area contributed by atoms with Crippen molar-refractivity contribution >= 4 is 10.0 Å². The summed E-state index contributed by atoms with van der Waals surface area (Å²) < 4.78 is 26.6. The lowest BCUT2D eigenvalue weighted by molar-refractivity contribution is 0.432. The van der Waals surface area contributed by atoms with E-state index in [1.54, 1.807) is 19.3 Å². The van der Waals surface area contributed by atoms with Gasteiger partial charge >= 0.3 is 0 Å². The van der Waals surface area contributed by atoms with Crippen molar-refractivity contribution in [3.63, 3.8) is 0 Å². The number of sulfonamides is 1. The molecule has 0 bridgehead atoms. The molecular weight excluding hydrogens is 252 g/mol. The quantitative estimate of drug-likeness (QED) is 0.706. The molecule has 2 rings (SSSR count). The average molecular weight is 270 g/mol. The minimum atomic E-state index is -3.51. The van der Waals surface area contributed by atoms with E-state index >= 15 is 0 Å². The summed E-state index contributed by atoms with van der Waals surface area (Å²) >= 11 is 0. The molecule has 1 saturated carbocycles. The number of rotatable bonds is 7. The highest BCUT2D eigenvalue weighted by Gasteiger charge is 2.38. The van der Waals surface area contributed by atoms with E-state index in [9.17, 15) is 8.42 Å². The molecule has 1 aliphatic carbocycles. The normalized spacial score (nSPS) is 16.1. The Kier molecular flexibility index (Phi) is 3.84. The number of H-pyrrole nitrogens is 1. The van der Waals surface area contributed by atoms with Crippen LogP contribution >= 0.6 is 0 Å². The summed E-state index contributed by atoms with van der Waals surface area (Å²) in [7, 11) is -1.74. The largest absolute Gasteiger partial charge is 0.316 e. The Morgan fingerprint density at radius 1 is 1.67 bits per heavy atom. The second-order valence-corrected chi connectivity index (χ2v) is 6.18. The van der Waals surface area contributed by atoms with Crippen molar-refractivity contribution in [3.8, 4) is 0 Å². The summed E-state index contributed by atoms with van der Waals surface area (Å²) in [6.45, 7) is 4.43. The fourth-order valence-corrected chi connectivity index (χ4v) is 3.65. The average Bonchev–Trinajstić information content (AvgIpc) is 3.05. The molecule has 2 N–H and O–H groups in total. The van der Waals surface area contributed by atoms with E-state index < -0.39 is 10.0 Å². The Morgan fingerprint density at radius 2 is 2.39 bits per heavy atom. The van der Waals surface area contributed by atoms with Crippen LogP contribution in [0.15, 0.2) is 23.9 Å². The topological polar surface area (TPSA) is 78.1 Å². The summed E-state index contributed by atoms with van der Waals surface area (Å²) in [4.78, 5) is 0. The monoisotopic (exact) mass is 270 g/mol. The third-order valence-corrected chi connectivity index (χ3v) is 4.81. The van der Waals surface area contributed by atoms with Gasteiger partial charge in [-0.25, -0.2) is 8.42 Å². The van der Waals surface area contributed by atoms with Gasteiger partial charge in [0.25, 0.3) is 10.0 Å². The van der Waals surface area contributed by atoms with Gasteiger partial charge in [0.1, 0.15) is 0 Å². The SMILES string of the molecule is C=CCN(C1CC1)S(=O)(=O)c1[nH]ncc1CNC. The zero-order valence-corrected chi connectivity index (χ0v) is 11.2. The molecule has 1 fully saturated rings. The van der Waals surface area contributed by atoms with Gasteiger partial charge in [-0.2, -0.15) is 9.40 Å². The second-order valence-electron chi connectivity index (χ2n) is 4.35. The third-order valence-electron chi connectivity index (χ3n) is 2.88. The van der Waals surface area contributed by atoms with E-state index in [-0.39, 0.29) is 11.1 Å². The smallest absolute Gasteiger partial charge is 0.260 e. The predicted molar refractivity (Wildman–Crippen MR) is 68.5 cm³/mol. The second kappa shape index (κ2) is 5.21. The first-order valence-corrected chi connectivity index (χ1v) is 7.35. The van der Waals surface area contributed by atoms with Gasteiger partial charge in [-0.3, -0.25) is 5.10 Å². The molecular formula is C11H18N4O2S. The Hall–Kier alpha value is -1.18. The van der Waals surface area contributed by atoms with Crippen molar-refractivity contribution in [1.29, 1.82) is 0 Å². The highest BCUT2D eigenvalue weighted by atomic mass is 32.2. The van der Waals surface area contributed by atoms with Gasteiger partial charge in [0, 0.05) is 24.7 Å². The van der Waals surface area contributed by atoms with Crippen LogP contribution < -0.4 is 5.32 Å². The highest BCUT2D eigenvalue weighted by molar-refractivity contribution is 7.89. The van der Waals surface area contributed by atoms with E-state index in [4.69, 9.17) is 0 Å². The summed E-state index contributed by atoms with van der Waals surface area (Å²) in [5, 5.41) is 9.55. The molecule has 1 aliphatic rings. The summed E-state index contributed by atoms with van der Waals surface area (Å²) in [5.74, 6) is 0. The molecule has 18 heavy (non-hydrogen) atoms. The molecule has 1 aromatic heterocycles. The van der Waals surface area contributed by atoms with Crippen LogP contribution in [0.2, 0.25) is 0 Å². The zero-order chi connectivity index (χ0) is 13.2. The fourth-order valence-electron chi connectivity index (χ4n) is 1.89. The van der Waals surface area contributed by atoms with Crippen LogP contribution in [-0.4, -0.2) is 42.6 Å². The maximum Gasteiger partial charge on any atom is 0.260 e. The van der Waals surface area contributed by atoms with Gasteiger partial charge < -0.3 is 5.32 Å². The van der Waals surface area contributed by atoms with Crippen molar-refractivity contribution in [2.45, 2.75) is 30.5 Å². The molecule has 0 aromatic carbocycles. The maximum absolute atomic E-state index is 12.5. The minimum Gasteiger partial charge on any atom is -0.316 e. The molecule has 0 amide bonds. The van der Waals surface area contributed by atoms with Crippen LogP contribution in [0.4, 0.5) is 0 Å². The number of hydrogen-bond acceptors (Lipinski definition) is 4. The van der Waals surface area contributed by atoms with Crippen LogP contribution in [0, 0.1) is 0 Å². The zero-order valence-electron chi connectivity index (χ0n) is 10.4. The molecule has 0 atom stereocenters. The highest BCUT2D eigenvalue weighted by Crippen LogP contribution is 2.32. The molecule has 1 aromatic rings. The van der Waals surface area contributed by atoms with Crippen molar-refractivity contribution in [2.75, 3.05) is 13.6 Å². The molecule has 0 saturated heterocycles. The van der Waals surface area contributed by atoms with Crippen molar-refractivity contribution < 1.29 is 8.42 Å². The Labute approximate surface area is 107 Å². The van der Waals surface area contributed by atoms with E-state index in [2.05, 4.69) is 22.1 Å². The minimum absolute atomic E-state index is 0.110. The fraction of sp³-hybridized carbons (Fsp3) is 0.545. The molecule has 0 radical (unpaired) electrons. The van der Waals surface area contributed by atoms with Gasteiger partial charge in [0.15, 0.2) is 5.03 Å². The van der Waals surface area contributed by atoms with Crippen LogP contribution in [0.5, 0.6) is 0 Å². The Bertz CT molecular complexity index is 519. The van der Waals surface area contributed by atoms with E-state index in [0.717, 1.165) is 12.8 Å². The van der Waals surface area contributed by atoms with Crippen LogP contribution in [0.25, 0.3) is 0 Å². The standard InChI is InChI=1S/C11H18N4O2S/c1-3-6-15(10-4-5-10)18(16,17)11-9(7-12-2)8-13-14-11/h3,8,10,12H,1,4-7H2,2H3,(H,13,14). The number of aromatic amines is 1. The third kappa shape index (κ3) is 2.47. The number of nitrogens with zero attached hydrogens (tertiary/aromatic N) is 2. The van der Waals surface area contributed by atoms with E-state index in [1.807, 2.05) is 0 Å². The number of nitrogens with one attached hydrogen (secondary N) is 2. The molecule has 0 unspecified atom stereocenters. The van der Waals surface area contributed by atoms with Crippen molar-refractivity contribution in [2.24, 2.45) is 0 Å². The maximum atomic E-state index is 12.5. The first-order chi connectivity index (χ1) is 8.61. The summed E-state index contributed by atoms with van der Waals surface area (Å²) in [5.41, 5.74) is 0.659. The van der Waals surface area contributed by atoms with E-state index in [1.165, 1.54) is 4.31 Å². The lowest BCUT2D eigenvalue weighted by atomic mass is 10.4. The van der Waals surface area contributed by atoms with Gasteiger partial charge in [-0.1, -0.05) is 6.08 Å². The molecule has 6 nitrogen and oxygen atoms in total. The summed E-state index contributed by atoms with van der Waals surface area (Å²) in [6.07, 6.45) is 5.00. The lowest BCUT2D eigenvalue weighted by Gasteiger charge is -2.19. The molecule has 1 heterocycles. The van der Waals surface area contributed by atoms with Gasteiger partial charge in [0.2, 0.25) is 0 Å². The molecule has 0 spiro atoms. The Balaban J connectivity index is 2.33. The van der Waals surface area contributed by atoms with Crippen LogP contribution in [-0.2, 0) is 16.6 Å². The van der Waals surface area contributed by atoms with Gasteiger partial charge in [-0.15, -0.1) is 6.58 Å². The number of aromatic nitrogens is 2. The number of hydrogen-bond donors (Lipinski definition) is 2. The van der Waals surface area contributed by atoms with Gasteiger partial charge in [0.05, 0.1) is 6.20 Å². The molecule has 0 aliphatic heterocycles. The molecule has 7 heteroatoms. The van der Waals surface area contributed by atoms with Crippen molar-refractivity contribution in [1.82, 2.24) is 19.8 Å². The first-order valence-electron chi connectivity index (χ1n) is 5.91. The van der Waals surface area contributed by atoms with E-state index in [0.29, 0.717) is 18.7 Å². The van der Waals surface area contributed by atoms with Crippen LogP contribution in [0.1, 0.15) is 18.4 Å². The molecule has 100 valence electrons. The first kappa shape index (κ1) is 13.3. The van der Waals surface area contributed by atoms with Gasteiger partial charge in [-0.05, 0) is 19.9 Å². The van der Waals surface area contributed by atoms with Crippen LogP contribution in [0.3, 0.4) is 0 Å².